The van der Waals surface area contributed by atoms with Crippen molar-refractivity contribution in [1.29, 1.82) is 0 Å². The average molecular weight is 361 g/mol. The molecule has 6 nitrogen and oxygen atoms in total. The number of para-hydroxylation sites is 1. The zero-order chi connectivity index (χ0) is 18.4. The zero-order valence-corrected chi connectivity index (χ0v) is 15.5. The Labute approximate surface area is 149 Å². The SMILES string of the molecule is CC(=O)Nc1ccc(S(=O)(=O)N(CCN(C)C)c2ccccc2)cc1. The van der Waals surface area contributed by atoms with Gasteiger partial charge in [-0.05, 0) is 50.5 Å². The van der Waals surface area contributed by atoms with E-state index in [0.29, 0.717) is 24.5 Å². The second-order valence-corrected chi connectivity index (χ2v) is 7.78. The van der Waals surface area contributed by atoms with E-state index >= 15 is 0 Å². The fourth-order valence-electron chi connectivity index (χ4n) is 2.31. The average Bonchev–Trinajstić information content (AvgIpc) is 2.55. The van der Waals surface area contributed by atoms with E-state index < -0.39 is 10.0 Å². The molecule has 0 spiro atoms. The molecule has 0 bridgehead atoms. The highest BCUT2D eigenvalue weighted by atomic mass is 32.2. The number of anilines is 2. The van der Waals surface area contributed by atoms with Gasteiger partial charge in [0.05, 0.1) is 10.6 Å². The van der Waals surface area contributed by atoms with E-state index in [-0.39, 0.29) is 10.8 Å². The summed E-state index contributed by atoms with van der Waals surface area (Å²) in [5, 5.41) is 2.63. The molecule has 0 aliphatic rings. The quantitative estimate of drug-likeness (QED) is 0.822. The molecule has 0 aliphatic heterocycles. The fraction of sp³-hybridized carbons (Fsp3) is 0.278. The highest BCUT2D eigenvalue weighted by Gasteiger charge is 2.24. The topological polar surface area (TPSA) is 69.7 Å². The predicted octanol–water partition coefficient (Wildman–Crippen LogP) is 2.40. The molecule has 0 saturated carbocycles. The van der Waals surface area contributed by atoms with E-state index in [1.165, 1.54) is 23.4 Å². The van der Waals surface area contributed by atoms with E-state index in [9.17, 15) is 13.2 Å². The molecule has 0 saturated heterocycles. The molecule has 0 aliphatic carbocycles. The van der Waals surface area contributed by atoms with Gasteiger partial charge in [0.15, 0.2) is 0 Å². The molecule has 0 unspecified atom stereocenters. The number of benzene rings is 2. The third-order valence-corrected chi connectivity index (χ3v) is 5.40. The van der Waals surface area contributed by atoms with Crippen LogP contribution in [0.4, 0.5) is 11.4 Å². The van der Waals surface area contributed by atoms with Gasteiger partial charge in [0.2, 0.25) is 5.91 Å². The van der Waals surface area contributed by atoms with Crippen LogP contribution >= 0.6 is 0 Å². The fourth-order valence-corrected chi connectivity index (χ4v) is 3.77. The van der Waals surface area contributed by atoms with E-state index in [2.05, 4.69) is 5.32 Å². The number of nitrogens with zero attached hydrogens (tertiary/aromatic N) is 2. The van der Waals surface area contributed by atoms with Crippen molar-refractivity contribution in [2.75, 3.05) is 36.8 Å². The number of sulfonamides is 1. The van der Waals surface area contributed by atoms with Gasteiger partial charge in [0.25, 0.3) is 10.0 Å². The summed E-state index contributed by atoms with van der Waals surface area (Å²) < 4.78 is 27.6. The Morgan fingerprint density at radius 2 is 1.56 bits per heavy atom. The number of carbonyl (C=O) groups is 1. The van der Waals surface area contributed by atoms with Crippen LogP contribution in [-0.4, -0.2) is 46.4 Å². The Kier molecular flexibility index (Phi) is 6.17. The van der Waals surface area contributed by atoms with E-state index in [1.54, 1.807) is 24.3 Å². The minimum Gasteiger partial charge on any atom is -0.326 e. The molecule has 2 aromatic carbocycles. The number of amides is 1. The molecule has 1 N–H and O–H groups in total. The molecule has 0 heterocycles. The van der Waals surface area contributed by atoms with E-state index in [1.807, 2.05) is 37.2 Å². The summed E-state index contributed by atoms with van der Waals surface area (Å²) in [4.78, 5) is 13.2. The Bertz CT molecular complexity index is 803. The second kappa shape index (κ2) is 8.13. The van der Waals surface area contributed by atoms with Crippen molar-refractivity contribution in [3.63, 3.8) is 0 Å². The van der Waals surface area contributed by atoms with Crippen molar-refractivity contribution in [2.24, 2.45) is 0 Å². The Morgan fingerprint density at radius 3 is 2.08 bits per heavy atom. The summed E-state index contributed by atoms with van der Waals surface area (Å²) in [6, 6.07) is 15.2. The van der Waals surface area contributed by atoms with Gasteiger partial charge in [-0.1, -0.05) is 18.2 Å². The predicted molar refractivity (Wildman–Crippen MR) is 100 cm³/mol. The van der Waals surface area contributed by atoms with Crippen molar-refractivity contribution in [1.82, 2.24) is 4.90 Å². The lowest BCUT2D eigenvalue weighted by molar-refractivity contribution is -0.114. The summed E-state index contributed by atoms with van der Waals surface area (Å²) in [6.45, 7) is 2.34. The van der Waals surface area contributed by atoms with Crippen LogP contribution in [0.1, 0.15) is 6.92 Å². The van der Waals surface area contributed by atoms with Gasteiger partial charge in [-0.3, -0.25) is 9.10 Å². The first-order valence-corrected chi connectivity index (χ1v) is 9.35. The highest BCUT2D eigenvalue weighted by Crippen LogP contribution is 2.24. The summed E-state index contributed by atoms with van der Waals surface area (Å²) in [6.07, 6.45) is 0. The summed E-state index contributed by atoms with van der Waals surface area (Å²) in [7, 11) is 0.101. The van der Waals surface area contributed by atoms with Crippen LogP contribution in [-0.2, 0) is 14.8 Å². The Morgan fingerprint density at radius 1 is 0.960 bits per heavy atom. The number of likely N-dealkylation sites (N-methyl/N-ethyl adjacent to an activating group) is 1. The van der Waals surface area contributed by atoms with Crippen molar-refractivity contribution in [2.45, 2.75) is 11.8 Å². The Hall–Kier alpha value is -2.38. The van der Waals surface area contributed by atoms with Gasteiger partial charge >= 0.3 is 0 Å². The Balaban J connectivity index is 2.35. The molecule has 0 fully saturated rings. The first kappa shape index (κ1) is 19.0. The maximum atomic E-state index is 13.1. The van der Waals surface area contributed by atoms with Gasteiger partial charge in [-0.25, -0.2) is 8.42 Å². The van der Waals surface area contributed by atoms with Gasteiger partial charge in [-0.2, -0.15) is 0 Å². The molecule has 25 heavy (non-hydrogen) atoms. The van der Waals surface area contributed by atoms with Gasteiger partial charge < -0.3 is 10.2 Å². The molecule has 0 aromatic heterocycles. The second-order valence-electron chi connectivity index (χ2n) is 5.92. The van der Waals surface area contributed by atoms with Crippen LogP contribution in [0.15, 0.2) is 59.5 Å². The molecule has 2 rings (SSSR count). The number of hydrogen-bond acceptors (Lipinski definition) is 4. The summed E-state index contributed by atoms with van der Waals surface area (Å²) >= 11 is 0. The monoisotopic (exact) mass is 361 g/mol. The highest BCUT2D eigenvalue weighted by molar-refractivity contribution is 7.92. The molecular weight excluding hydrogens is 338 g/mol. The molecule has 2 aromatic rings. The number of rotatable bonds is 7. The molecule has 0 atom stereocenters. The van der Waals surface area contributed by atoms with Crippen molar-refractivity contribution in [3.8, 4) is 0 Å². The van der Waals surface area contributed by atoms with Crippen LogP contribution in [0, 0.1) is 0 Å². The molecular formula is C18H23N3O3S. The molecule has 0 radical (unpaired) electrons. The van der Waals surface area contributed by atoms with Crippen molar-refractivity contribution >= 4 is 27.3 Å². The van der Waals surface area contributed by atoms with Crippen LogP contribution < -0.4 is 9.62 Å². The third-order valence-electron chi connectivity index (χ3n) is 3.56. The van der Waals surface area contributed by atoms with E-state index in [4.69, 9.17) is 0 Å². The van der Waals surface area contributed by atoms with Crippen LogP contribution in [0.3, 0.4) is 0 Å². The van der Waals surface area contributed by atoms with Gasteiger partial charge in [0.1, 0.15) is 0 Å². The lowest BCUT2D eigenvalue weighted by atomic mass is 10.3. The van der Waals surface area contributed by atoms with Crippen molar-refractivity contribution in [3.05, 3.63) is 54.6 Å². The maximum absolute atomic E-state index is 13.1. The van der Waals surface area contributed by atoms with Crippen LogP contribution in [0.2, 0.25) is 0 Å². The van der Waals surface area contributed by atoms with E-state index in [0.717, 1.165) is 0 Å². The first-order chi connectivity index (χ1) is 11.8. The molecule has 134 valence electrons. The smallest absolute Gasteiger partial charge is 0.264 e. The summed E-state index contributed by atoms with van der Waals surface area (Å²) in [5.41, 5.74) is 1.18. The molecule has 1 amide bonds. The third kappa shape index (κ3) is 5.04. The van der Waals surface area contributed by atoms with Gasteiger partial charge in [-0.15, -0.1) is 0 Å². The lowest BCUT2D eigenvalue weighted by Gasteiger charge is -2.26. The lowest BCUT2D eigenvalue weighted by Crippen LogP contribution is -2.36. The summed E-state index contributed by atoms with van der Waals surface area (Å²) in [5.74, 6) is -0.201. The number of hydrogen-bond donors (Lipinski definition) is 1. The number of nitrogens with one attached hydrogen (secondary N) is 1. The minimum absolute atomic E-state index is 0.184. The minimum atomic E-state index is -3.70. The standard InChI is InChI=1S/C18H23N3O3S/c1-15(22)19-16-9-11-18(12-10-16)25(23,24)21(14-13-20(2)3)17-7-5-4-6-8-17/h4-12H,13-14H2,1-3H3,(H,19,22). The maximum Gasteiger partial charge on any atom is 0.264 e. The van der Waals surface area contributed by atoms with Crippen molar-refractivity contribution < 1.29 is 13.2 Å². The van der Waals surface area contributed by atoms with Gasteiger partial charge in [0, 0.05) is 25.7 Å². The normalized spacial score (nSPS) is 11.4. The van der Waals surface area contributed by atoms with Crippen LogP contribution in [0.25, 0.3) is 0 Å². The zero-order valence-electron chi connectivity index (χ0n) is 14.6. The number of carbonyl (C=O) groups excluding carboxylic acids is 1. The van der Waals surface area contributed by atoms with Crippen LogP contribution in [0.5, 0.6) is 0 Å². The molecule has 7 heteroatoms. The largest absolute Gasteiger partial charge is 0.326 e. The first-order valence-electron chi connectivity index (χ1n) is 7.91.